The fourth-order valence-electron chi connectivity index (χ4n) is 0.569. The van der Waals surface area contributed by atoms with Crippen LogP contribution in [0.3, 0.4) is 0 Å². The highest BCUT2D eigenvalue weighted by Gasteiger charge is 2.15. The second kappa shape index (κ2) is 3.30. The van der Waals surface area contributed by atoms with E-state index in [2.05, 4.69) is 20.5 Å². The van der Waals surface area contributed by atoms with Crippen LogP contribution in [-0.4, -0.2) is 29.5 Å². The summed E-state index contributed by atoms with van der Waals surface area (Å²) in [5, 5.41) is 7.13. The van der Waals surface area contributed by atoms with Gasteiger partial charge in [0.05, 0.1) is 0 Å². The number of nitrogens with one attached hydrogen (secondary N) is 2. The van der Waals surface area contributed by atoms with Crippen molar-refractivity contribution >= 4 is 31.6 Å². The molecule has 0 aliphatic carbocycles. The maximum absolute atomic E-state index is 10.7. The lowest BCUT2D eigenvalue weighted by Crippen LogP contribution is -2.07. The topological polar surface area (TPSA) is 105 Å². The Labute approximate surface area is 77.9 Å². The summed E-state index contributed by atoms with van der Waals surface area (Å²) >= 11 is 0. The van der Waals surface area contributed by atoms with Gasteiger partial charge in [-0.15, -0.1) is 5.10 Å². The third-order valence-corrected chi connectivity index (χ3v) is 2.07. The molecule has 7 nitrogen and oxygen atoms in total. The first-order valence-corrected chi connectivity index (χ1v) is 5.35. The highest BCUT2D eigenvalue weighted by atomic mass is 35.7. The molecule has 1 aromatic heterocycles. The minimum absolute atomic E-state index is 0.133. The van der Waals surface area contributed by atoms with Crippen LogP contribution < -0.4 is 5.32 Å². The number of amides is 1. The average Bonchev–Trinajstić information content (AvgIpc) is 2.32. The van der Waals surface area contributed by atoms with E-state index in [1.807, 2.05) is 0 Å². The number of anilines is 1. The molecule has 1 aromatic rings. The van der Waals surface area contributed by atoms with E-state index in [1.54, 1.807) is 0 Å². The highest BCUT2D eigenvalue weighted by Crippen LogP contribution is 2.09. The molecule has 0 radical (unpaired) electrons. The molecule has 9 heteroatoms. The van der Waals surface area contributed by atoms with Crippen LogP contribution in [0.2, 0.25) is 0 Å². The summed E-state index contributed by atoms with van der Waals surface area (Å²) in [7, 11) is 1.01. The number of hydrogen-bond acceptors (Lipinski definition) is 5. The van der Waals surface area contributed by atoms with Crippen LogP contribution in [0, 0.1) is 0 Å². The molecule has 0 spiro atoms. The molecule has 0 atom stereocenters. The van der Waals surface area contributed by atoms with Crippen molar-refractivity contribution in [3.8, 4) is 0 Å². The molecule has 0 fully saturated rings. The first-order valence-electron chi connectivity index (χ1n) is 3.04. The van der Waals surface area contributed by atoms with Crippen molar-refractivity contribution in [2.75, 3.05) is 5.32 Å². The quantitative estimate of drug-likeness (QED) is 0.671. The number of carbonyl (C=O) groups is 1. The molecule has 0 aromatic carbocycles. The third-order valence-electron chi connectivity index (χ3n) is 0.984. The van der Waals surface area contributed by atoms with Crippen LogP contribution in [0.4, 0.5) is 5.95 Å². The van der Waals surface area contributed by atoms with Crippen molar-refractivity contribution in [1.82, 2.24) is 15.2 Å². The summed E-state index contributed by atoms with van der Waals surface area (Å²) in [5.74, 6) is -0.538. The predicted octanol–water partition coefficient (Wildman–Crippen LogP) is -0.309. The molecule has 0 saturated carbocycles. The van der Waals surface area contributed by atoms with Crippen molar-refractivity contribution in [2.45, 2.75) is 12.1 Å². The summed E-state index contributed by atoms with van der Waals surface area (Å²) in [6.45, 7) is 1.24. The molecule has 1 rings (SSSR count). The molecule has 1 amide bonds. The molecule has 0 saturated heterocycles. The van der Waals surface area contributed by atoms with E-state index in [0.717, 1.165) is 0 Å². The van der Waals surface area contributed by atoms with Crippen molar-refractivity contribution in [2.24, 2.45) is 0 Å². The number of carbonyl (C=O) groups excluding carboxylic acids is 1. The van der Waals surface area contributed by atoms with Gasteiger partial charge in [-0.3, -0.25) is 10.1 Å². The first kappa shape index (κ1) is 9.93. The molecule has 1 heterocycles. The molecule has 72 valence electrons. The van der Waals surface area contributed by atoms with Crippen LogP contribution in [-0.2, 0) is 13.8 Å². The lowest BCUT2D eigenvalue weighted by molar-refractivity contribution is -0.114. The molecule has 2 N–H and O–H groups in total. The molecular formula is C4H5ClN4O3S. The van der Waals surface area contributed by atoms with Gasteiger partial charge in [0.1, 0.15) is 0 Å². The Hall–Kier alpha value is -1.15. The third kappa shape index (κ3) is 2.67. The standard InChI is InChI=1S/C4H5ClN4O3S/c1-2(10)6-3-7-4(9-8-3)13(5,11)12/h1H3,(H2,6,7,8,9,10). The normalized spacial score (nSPS) is 11.2. The zero-order chi connectivity index (χ0) is 10.1. The van der Waals surface area contributed by atoms with Crippen LogP contribution in [0.5, 0.6) is 0 Å². The molecule has 0 aliphatic rings. The second-order valence-electron chi connectivity index (χ2n) is 2.08. The summed E-state index contributed by atoms with van der Waals surface area (Å²) in [6, 6.07) is 0. The van der Waals surface area contributed by atoms with Crippen molar-refractivity contribution in [3.63, 3.8) is 0 Å². The fraction of sp³-hybridized carbons (Fsp3) is 0.250. The Kier molecular flexibility index (Phi) is 2.52. The molecule has 0 bridgehead atoms. The van der Waals surface area contributed by atoms with Gasteiger partial charge >= 0.3 is 0 Å². The molecule has 13 heavy (non-hydrogen) atoms. The minimum Gasteiger partial charge on any atom is -0.293 e. The lowest BCUT2D eigenvalue weighted by Gasteiger charge is -1.90. The van der Waals surface area contributed by atoms with Crippen LogP contribution in [0.15, 0.2) is 5.16 Å². The van der Waals surface area contributed by atoms with Crippen molar-refractivity contribution < 1.29 is 13.2 Å². The van der Waals surface area contributed by atoms with Gasteiger partial charge in [0.25, 0.3) is 14.2 Å². The van der Waals surface area contributed by atoms with E-state index in [1.165, 1.54) is 6.92 Å². The van der Waals surface area contributed by atoms with E-state index in [0.29, 0.717) is 0 Å². The van der Waals surface area contributed by atoms with Crippen molar-refractivity contribution in [1.29, 1.82) is 0 Å². The van der Waals surface area contributed by atoms with Gasteiger partial charge in [-0.25, -0.2) is 13.5 Å². The smallest absolute Gasteiger partial charge is 0.293 e. The van der Waals surface area contributed by atoms with Crippen LogP contribution in [0.25, 0.3) is 0 Å². The zero-order valence-electron chi connectivity index (χ0n) is 6.41. The van der Waals surface area contributed by atoms with Gasteiger partial charge in [0, 0.05) is 17.6 Å². The van der Waals surface area contributed by atoms with Crippen molar-refractivity contribution in [3.05, 3.63) is 0 Å². The highest BCUT2D eigenvalue weighted by molar-refractivity contribution is 8.13. The van der Waals surface area contributed by atoms with E-state index in [4.69, 9.17) is 10.7 Å². The number of halogens is 1. The minimum atomic E-state index is -3.93. The number of aromatic amines is 1. The second-order valence-corrected chi connectivity index (χ2v) is 4.56. The largest absolute Gasteiger partial charge is 0.296 e. The van der Waals surface area contributed by atoms with Crippen LogP contribution >= 0.6 is 10.7 Å². The van der Waals surface area contributed by atoms with E-state index < -0.39 is 20.1 Å². The lowest BCUT2D eigenvalue weighted by atomic mass is 10.7. The van der Waals surface area contributed by atoms with Crippen LogP contribution in [0.1, 0.15) is 6.92 Å². The van der Waals surface area contributed by atoms with E-state index in [-0.39, 0.29) is 5.95 Å². The molecule has 0 aliphatic heterocycles. The Bertz CT molecular complexity index is 424. The number of nitrogens with zero attached hydrogens (tertiary/aromatic N) is 2. The van der Waals surface area contributed by atoms with Gasteiger partial charge in [-0.05, 0) is 0 Å². The van der Waals surface area contributed by atoms with Gasteiger partial charge < -0.3 is 0 Å². The van der Waals surface area contributed by atoms with Gasteiger partial charge in [-0.1, -0.05) is 0 Å². The number of hydrogen-bond donors (Lipinski definition) is 2. The summed E-state index contributed by atoms with van der Waals surface area (Å²) in [4.78, 5) is 13.9. The monoisotopic (exact) mass is 224 g/mol. The number of rotatable bonds is 2. The SMILES string of the molecule is CC(=O)Nc1n[nH]c(S(=O)(=O)Cl)n1. The Morgan fingerprint density at radius 2 is 2.23 bits per heavy atom. The summed E-state index contributed by atoms with van der Waals surface area (Å²) in [6.07, 6.45) is 0. The summed E-state index contributed by atoms with van der Waals surface area (Å²) in [5.41, 5.74) is 0. The number of aromatic nitrogens is 3. The molecule has 0 unspecified atom stereocenters. The van der Waals surface area contributed by atoms with Gasteiger partial charge in [-0.2, -0.15) is 4.98 Å². The zero-order valence-corrected chi connectivity index (χ0v) is 7.98. The average molecular weight is 225 g/mol. The number of H-pyrrole nitrogens is 1. The van der Waals surface area contributed by atoms with Gasteiger partial charge in [0.15, 0.2) is 0 Å². The maximum atomic E-state index is 10.7. The predicted molar refractivity (Wildman–Crippen MR) is 43.7 cm³/mol. The maximum Gasteiger partial charge on any atom is 0.296 e. The Morgan fingerprint density at radius 1 is 1.62 bits per heavy atom. The molecular weight excluding hydrogens is 220 g/mol. The Balaban J connectivity index is 2.94. The first-order chi connectivity index (χ1) is 5.89. The van der Waals surface area contributed by atoms with Gasteiger partial charge in [0.2, 0.25) is 11.9 Å². The summed E-state index contributed by atoms with van der Waals surface area (Å²) < 4.78 is 21.3. The van der Waals surface area contributed by atoms with E-state index in [9.17, 15) is 13.2 Å². The Morgan fingerprint density at radius 3 is 2.62 bits per heavy atom. The van der Waals surface area contributed by atoms with E-state index >= 15 is 0 Å². The fourth-order valence-corrected chi connectivity index (χ4v) is 1.13.